The first-order valence-corrected chi connectivity index (χ1v) is 10.2. The summed E-state index contributed by atoms with van der Waals surface area (Å²) in [5, 5.41) is 3.44. The van der Waals surface area contributed by atoms with Crippen LogP contribution in [0.25, 0.3) is 11.3 Å². The van der Waals surface area contributed by atoms with Gasteiger partial charge >= 0.3 is 0 Å². The molecular weight excluding hydrogens is 378 g/mol. The Kier molecular flexibility index (Phi) is 5.88. The fourth-order valence-corrected chi connectivity index (χ4v) is 3.73. The predicted octanol–water partition coefficient (Wildman–Crippen LogP) is 2.95. The third-order valence-corrected chi connectivity index (χ3v) is 5.48. The van der Waals surface area contributed by atoms with E-state index < -0.39 is 0 Å². The van der Waals surface area contributed by atoms with Crippen LogP contribution in [-0.4, -0.2) is 44.5 Å². The second-order valence-electron chi connectivity index (χ2n) is 7.53. The standard InChI is InChI=1S/C23H25N5O2/c1-27-21(29)16-20(17-9-12-24-13-10-17)26-23(27)25-19-8-5-14-28(15-11-19)22(30)18-6-3-2-4-7-18/h2-4,6-7,9-10,12-13,16,19H,5,8,11,14-15H2,1H3,(H,25,26). The van der Waals surface area contributed by atoms with Crippen LogP contribution in [-0.2, 0) is 7.05 Å². The van der Waals surface area contributed by atoms with Gasteiger partial charge in [0.05, 0.1) is 5.69 Å². The highest BCUT2D eigenvalue weighted by atomic mass is 16.2. The summed E-state index contributed by atoms with van der Waals surface area (Å²) in [6.07, 6.45) is 5.98. The number of rotatable bonds is 4. The number of likely N-dealkylation sites (tertiary alicyclic amines) is 1. The van der Waals surface area contributed by atoms with Crippen molar-refractivity contribution in [3.05, 3.63) is 76.8 Å². The lowest BCUT2D eigenvalue weighted by Crippen LogP contribution is -2.33. The van der Waals surface area contributed by atoms with Gasteiger partial charge in [-0.15, -0.1) is 0 Å². The monoisotopic (exact) mass is 403 g/mol. The number of carbonyl (C=O) groups excluding carboxylic acids is 1. The molecule has 1 atom stereocenters. The molecule has 1 fully saturated rings. The highest BCUT2D eigenvalue weighted by molar-refractivity contribution is 5.94. The lowest BCUT2D eigenvalue weighted by molar-refractivity contribution is 0.0761. The average Bonchev–Trinajstić information content (AvgIpc) is 3.03. The third kappa shape index (κ3) is 4.40. The van der Waals surface area contributed by atoms with Crippen LogP contribution >= 0.6 is 0 Å². The van der Waals surface area contributed by atoms with Crippen LogP contribution in [0.4, 0.5) is 5.95 Å². The first-order chi connectivity index (χ1) is 14.6. The minimum Gasteiger partial charge on any atom is -0.353 e. The summed E-state index contributed by atoms with van der Waals surface area (Å²) in [7, 11) is 1.72. The number of anilines is 1. The van der Waals surface area contributed by atoms with Crippen molar-refractivity contribution in [3.63, 3.8) is 0 Å². The van der Waals surface area contributed by atoms with Crippen molar-refractivity contribution in [3.8, 4) is 11.3 Å². The van der Waals surface area contributed by atoms with Crippen LogP contribution in [0, 0.1) is 0 Å². The number of carbonyl (C=O) groups is 1. The van der Waals surface area contributed by atoms with E-state index in [0.29, 0.717) is 18.2 Å². The molecule has 1 aliphatic heterocycles. The van der Waals surface area contributed by atoms with Gasteiger partial charge in [-0.3, -0.25) is 19.1 Å². The highest BCUT2D eigenvalue weighted by Crippen LogP contribution is 2.19. The van der Waals surface area contributed by atoms with Gasteiger partial charge in [0.15, 0.2) is 0 Å². The molecule has 4 rings (SSSR count). The van der Waals surface area contributed by atoms with Gasteiger partial charge < -0.3 is 10.2 Å². The summed E-state index contributed by atoms with van der Waals surface area (Å²) in [5.41, 5.74) is 2.08. The lowest BCUT2D eigenvalue weighted by Gasteiger charge is -2.21. The van der Waals surface area contributed by atoms with Crippen LogP contribution in [0.2, 0.25) is 0 Å². The first kappa shape index (κ1) is 19.8. The molecule has 0 radical (unpaired) electrons. The molecule has 1 aromatic carbocycles. The molecule has 0 aliphatic carbocycles. The van der Waals surface area contributed by atoms with Gasteiger partial charge in [0.25, 0.3) is 11.5 Å². The fourth-order valence-electron chi connectivity index (χ4n) is 3.73. The normalized spacial score (nSPS) is 16.7. The molecule has 0 bridgehead atoms. The molecule has 1 aliphatic rings. The molecule has 1 unspecified atom stereocenters. The van der Waals surface area contributed by atoms with Crippen molar-refractivity contribution >= 4 is 11.9 Å². The molecule has 1 N–H and O–H groups in total. The van der Waals surface area contributed by atoms with Crippen LogP contribution in [0.15, 0.2) is 65.7 Å². The van der Waals surface area contributed by atoms with E-state index in [4.69, 9.17) is 0 Å². The van der Waals surface area contributed by atoms with Crippen molar-refractivity contribution in [2.24, 2.45) is 7.05 Å². The minimum atomic E-state index is -0.117. The maximum absolute atomic E-state index is 12.8. The van der Waals surface area contributed by atoms with Gasteiger partial charge in [0, 0.05) is 55.8 Å². The number of hydrogen-bond donors (Lipinski definition) is 1. The number of aromatic nitrogens is 3. The fraction of sp³-hybridized carbons (Fsp3) is 0.304. The van der Waals surface area contributed by atoms with Gasteiger partial charge in [0.1, 0.15) is 0 Å². The summed E-state index contributed by atoms with van der Waals surface area (Å²) in [4.78, 5) is 35.8. The maximum atomic E-state index is 12.8. The summed E-state index contributed by atoms with van der Waals surface area (Å²) in [6, 6.07) is 14.7. The second kappa shape index (κ2) is 8.90. The molecule has 7 heteroatoms. The van der Waals surface area contributed by atoms with Gasteiger partial charge in [-0.2, -0.15) is 0 Å². The number of amides is 1. The molecule has 30 heavy (non-hydrogen) atoms. The van der Waals surface area contributed by atoms with Crippen molar-refractivity contribution in [1.82, 2.24) is 19.4 Å². The largest absolute Gasteiger partial charge is 0.353 e. The van der Waals surface area contributed by atoms with E-state index in [2.05, 4.69) is 15.3 Å². The number of hydrogen-bond acceptors (Lipinski definition) is 5. The molecule has 3 heterocycles. The molecule has 3 aromatic rings. The molecule has 0 saturated carbocycles. The van der Waals surface area contributed by atoms with Crippen molar-refractivity contribution in [2.45, 2.75) is 25.3 Å². The van der Waals surface area contributed by atoms with E-state index in [1.165, 1.54) is 10.6 Å². The predicted molar refractivity (Wildman–Crippen MR) is 116 cm³/mol. The lowest BCUT2D eigenvalue weighted by atomic mass is 10.1. The van der Waals surface area contributed by atoms with E-state index in [1.54, 1.807) is 19.4 Å². The SMILES string of the molecule is Cn1c(NC2CCCN(C(=O)c3ccccc3)CC2)nc(-c2ccncc2)cc1=O. The Balaban J connectivity index is 1.48. The average molecular weight is 403 g/mol. The zero-order chi connectivity index (χ0) is 20.9. The topological polar surface area (TPSA) is 80.1 Å². The molecule has 7 nitrogen and oxygen atoms in total. The molecule has 1 amide bonds. The zero-order valence-corrected chi connectivity index (χ0v) is 17.0. The Hall–Kier alpha value is -3.48. The Morgan fingerprint density at radius 2 is 1.83 bits per heavy atom. The van der Waals surface area contributed by atoms with Crippen molar-refractivity contribution in [1.29, 1.82) is 0 Å². The highest BCUT2D eigenvalue weighted by Gasteiger charge is 2.22. The molecule has 154 valence electrons. The van der Waals surface area contributed by atoms with Crippen molar-refractivity contribution < 1.29 is 4.79 Å². The van der Waals surface area contributed by atoms with Crippen molar-refractivity contribution in [2.75, 3.05) is 18.4 Å². The summed E-state index contributed by atoms with van der Waals surface area (Å²) >= 11 is 0. The van der Waals surface area contributed by atoms with Gasteiger partial charge in [-0.05, 0) is 43.5 Å². The van der Waals surface area contributed by atoms with Crippen LogP contribution in [0.5, 0.6) is 0 Å². The zero-order valence-electron chi connectivity index (χ0n) is 17.0. The molecule has 1 saturated heterocycles. The van der Waals surface area contributed by atoms with E-state index in [1.807, 2.05) is 47.4 Å². The van der Waals surface area contributed by atoms with Gasteiger partial charge in [-0.25, -0.2) is 4.98 Å². The van der Waals surface area contributed by atoms with E-state index in [-0.39, 0.29) is 17.5 Å². The van der Waals surface area contributed by atoms with Crippen LogP contribution in [0.1, 0.15) is 29.6 Å². The Bertz CT molecular complexity index is 1070. The second-order valence-corrected chi connectivity index (χ2v) is 7.53. The third-order valence-electron chi connectivity index (χ3n) is 5.48. The number of pyridine rings is 1. The summed E-state index contributed by atoms with van der Waals surface area (Å²) in [6.45, 7) is 1.40. The number of nitrogens with zero attached hydrogens (tertiary/aromatic N) is 4. The molecule has 2 aromatic heterocycles. The Morgan fingerprint density at radius 1 is 1.07 bits per heavy atom. The number of benzene rings is 1. The minimum absolute atomic E-state index is 0.0708. The van der Waals surface area contributed by atoms with Crippen LogP contribution in [0.3, 0.4) is 0 Å². The summed E-state index contributed by atoms with van der Waals surface area (Å²) in [5.74, 6) is 0.614. The quantitative estimate of drug-likeness (QED) is 0.725. The van der Waals surface area contributed by atoms with Gasteiger partial charge in [0.2, 0.25) is 5.95 Å². The van der Waals surface area contributed by atoms with E-state index >= 15 is 0 Å². The van der Waals surface area contributed by atoms with E-state index in [0.717, 1.165) is 36.9 Å². The number of nitrogens with one attached hydrogen (secondary N) is 1. The smallest absolute Gasteiger partial charge is 0.255 e. The first-order valence-electron chi connectivity index (χ1n) is 10.2. The molecular formula is C23H25N5O2. The summed E-state index contributed by atoms with van der Waals surface area (Å²) < 4.78 is 1.53. The van der Waals surface area contributed by atoms with Crippen LogP contribution < -0.4 is 10.9 Å². The Labute approximate surface area is 175 Å². The molecule has 0 spiro atoms. The van der Waals surface area contributed by atoms with Gasteiger partial charge in [-0.1, -0.05) is 18.2 Å². The maximum Gasteiger partial charge on any atom is 0.255 e. The Morgan fingerprint density at radius 3 is 2.60 bits per heavy atom. The van der Waals surface area contributed by atoms with E-state index in [9.17, 15) is 9.59 Å².